The van der Waals surface area contributed by atoms with Gasteiger partial charge in [-0.25, -0.2) is 9.18 Å². The van der Waals surface area contributed by atoms with Gasteiger partial charge in [0.25, 0.3) is 5.91 Å². The predicted octanol–water partition coefficient (Wildman–Crippen LogP) is 2.77. The summed E-state index contributed by atoms with van der Waals surface area (Å²) in [5.41, 5.74) is 0.521. The van der Waals surface area contributed by atoms with Crippen molar-refractivity contribution in [3.8, 4) is 0 Å². The average molecular weight is 394 g/mol. The first-order valence-electron chi connectivity index (χ1n) is 8.99. The number of hydrogen-bond acceptors (Lipinski definition) is 3. The summed E-state index contributed by atoms with van der Waals surface area (Å²) in [6, 6.07) is 15.9. The number of aromatic carboxylic acids is 1. The molecule has 0 fully saturated rings. The Labute approximate surface area is 166 Å². The van der Waals surface area contributed by atoms with E-state index in [-0.39, 0.29) is 36.5 Å². The Morgan fingerprint density at radius 3 is 2.14 bits per heavy atom. The third kappa shape index (κ3) is 5.16. The van der Waals surface area contributed by atoms with Crippen molar-refractivity contribution in [2.45, 2.75) is 6.42 Å². The number of carboxylic acids is 1. The molecule has 0 unspecified atom stereocenters. The standard InChI is InChI=1S/C22H19FN2O4/c23-17-7-3-4-14(10-17)11-20(26)24-8-9-25-21(27)18-12-15-5-1-2-6-16(15)13-19(18)22(28)29/h1-7,10,12-13H,8-9,11H2,(H,24,26)(H,25,27)(H,28,29). The van der Waals surface area contributed by atoms with Crippen LogP contribution < -0.4 is 10.6 Å². The van der Waals surface area contributed by atoms with Crippen LogP contribution in [0.15, 0.2) is 60.7 Å². The fourth-order valence-electron chi connectivity index (χ4n) is 2.97. The Kier molecular flexibility index (Phi) is 6.19. The minimum absolute atomic E-state index is 0.0273. The van der Waals surface area contributed by atoms with Gasteiger partial charge in [0.05, 0.1) is 17.5 Å². The fourth-order valence-corrected chi connectivity index (χ4v) is 2.97. The van der Waals surface area contributed by atoms with E-state index in [9.17, 15) is 23.9 Å². The Hall–Kier alpha value is -3.74. The third-order valence-corrected chi connectivity index (χ3v) is 4.35. The van der Waals surface area contributed by atoms with Crippen LogP contribution in [0.1, 0.15) is 26.3 Å². The molecule has 2 amide bonds. The molecular formula is C22H19FN2O4. The molecule has 0 heterocycles. The molecule has 0 radical (unpaired) electrons. The Morgan fingerprint density at radius 2 is 1.48 bits per heavy atom. The lowest BCUT2D eigenvalue weighted by molar-refractivity contribution is -0.120. The largest absolute Gasteiger partial charge is 0.478 e. The number of amides is 2. The van der Waals surface area contributed by atoms with Gasteiger partial charge in [-0.15, -0.1) is 0 Å². The van der Waals surface area contributed by atoms with Crippen molar-refractivity contribution in [1.82, 2.24) is 10.6 Å². The molecule has 0 aliphatic heterocycles. The summed E-state index contributed by atoms with van der Waals surface area (Å²) >= 11 is 0. The summed E-state index contributed by atoms with van der Waals surface area (Å²) in [6.07, 6.45) is 0.0273. The number of carboxylic acid groups (broad SMARTS) is 1. The first-order valence-corrected chi connectivity index (χ1v) is 8.99. The van der Waals surface area contributed by atoms with E-state index < -0.39 is 17.7 Å². The minimum Gasteiger partial charge on any atom is -0.478 e. The fraction of sp³-hybridized carbons (Fsp3) is 0.136. The zero-order valence-electron chi connectivity index (χ0n) is 15.4. The van der Waals surface area contributed by atoms with Crippen LogP contribution in [-0.4, -0.2) is 36.0 Å². The maximum Gasteiger partial charge on any atom is 0.336 e. The number of hydrogen-bond donors (Lipinski definition) is 3. The van der Waals surface area contributed by atoms with Crippen LogP contribution in [0.25, 0.3) is 10.8 Å². The summed E-state index contributed by atoms with van der Waals surface area (Å²) in [6.45, 7) is 0.287. The normalized spacial score (nSPS) is 10.5. The van der Waals surface area contributed by atoms with Crippen LogP contribution >= 0.6 is 0 Å². The van der Waals surface area contributed by atoms with Gasteiger partial charge in [-0.05, 0) is 40.6 Å². The van der Waals surface area contributed by atoms with Crippen LogP contribution in [-0.2, 0) is 11.2 Å². The van der Waals surface area contributed by atoms with Crippen molar-refractivity contribution >= 4 is 28.6 Å². The highest BCUT2D eigenvalue weighted by atomic mass is 19.1. The van der Waals surface area contributed by atoms with Crippen LogP contribution in [0.4, 0.5) is 4.39 Å². The maximum atomic E-state index is 13.1. The van der Waals surface area contributed by atoms with Crippen LogP contribution in [0, 0.1) is 5.82 Å². The zero-order chi connectivity index (χ0) is 20.8. The van der Waals surface area contributed by atoms with Gasteiger partial charge in [0.1, 0.15) is 5.82 Å². The highest BCUT2D eigenvalue weighted by Gasteiger charge is 2.17. The molecule has 0 saturated heterocycles. The molecule has 0 bridgehead atoms. The van der Waals surface area contributed by atoms with E-state index in [4.69, 9.17) is 0 Å². The second-order valence-corrected chi connectivity index (χ2v) is 6.46. The number of carbonyl (C=O) groups is 3. The minimum atomic E-state index is -1.19. The molecule has 6 nitrogen and oxygen atoms in total. The quantitative estimate of drug-likeness (QED) is 0.537. The predicted molar refractivity (Wildman–Crippen MR) is 106 cm³/mol. The lowest BCUT2D eigenvalue weighted by atomic mass is 10.0. The summed E-state index contributed by atoms with van der Waals surface area (Å²) < 4.78 is 13.1. The first kappa shape index (κ1) is 20.0. The van der Waals surface area contributed by atoms with Crippen LogP contribution in [0.2, 0.25) is 0 Å². The molecule has 3 rings (SSSR count). The van der Waals surface area contributed by atoms with Crippen LogP contribution in [0.3, 0.4) is 0 Å². The van der Waals surface area contributed by atoms with E-state index in [2.05, 4.69) is 10.6 Å². The molecule has 0 aliphatic rings. The lowest BCUT2D eigenvalue weighted by Gasteiger charge is -2.10. The second kappa shape index (κ2) is 8.97. The van der Waals surface area contributed by atoms with E-state index in [1.54, 1.807) is 30.3 Å². The molecule has 148 valence electrons. The monoisotopic (exact) mass is 394 g/mol. The van der Waals surface area contributed by atoms with Gasteiger partial charge in [-0.3, -0.25) is 9.59 Å². The maximum absolute atomic E-state index is 13.1. The average Bonchev–Trinajstić information content (AvgIpc) is 2.70. The molecule has 0 spiro atoms. The number of halogens is 1. The van der Waals surface area contributed by atoms with Gasteiger partial charge in [0.15, 0.2) is 0 Å². The van der Waals surface area contributed by atoms with Crippen molar-refractivity contribution in [2.75, 3.05) is 13.1 Å². The number of nitrogens with one attached hydrogen (secondary N) is 2. The summed E-state index contributed by atoms with van der Waals surface area (Å²) in [4.78, 5) is 35.9. The van der Waals surface area contributed by atoms with Crippen molar-refractivity contribution in [2.24, 2.45) is 0 Å². The van der Waals surface area contributed by atoms with Crippen molar-refractivity contribution in [1.29, 1.82) is 0 Å². The highest BCUT2D eigenvalue weighted by molar-refractivity contribution is 6.08. The van der Waals surface area contributed by atoms with Crippen LogP contribution in [0.5, 0.6) is 0 Å². The van der Waals surface area contributed by atoms with Crippen molar-refractivity contribution in [3.63, 3.8) is 0 Å². The van der Waals surface area contributed by atoms with E-state index >= 15 is 0 Å². The van der Waals surface area contributed by atoms with E-state index in [1.165, 1.54) is 30.3 Å². The van der Waals surface area contributed by atoms with E-state index in [1.807, 2.05) is 0 Å². The molecule has 29 heavy (non-hydrogen) atoms. The highest BCUT2D eigenvalue weighted by Crippen LogP contribution is 2.20. The molecule has 0 aliphatic carbocycles. The number of fused-ring (bicyclic) bond motifs is 1. The summed E-state index contributed by atoms with van der Waals surface area (Å²) in [5.74, 6) is -2.44. The van der Waals surface area contributed by atoms with E-state index in [0.29, 0.717) is 5.56 Å². The SMILES string of the molecule is O=C(Cc1cccc(F)c1)NCCNC(=O)c1cc2ccccc2cc1C(=O)O. The van der Waals surface area contributed by atoms with E-state index in [0.717, 1.165) is 10.8 Å². The van der Waals surface area contributed by atoms with Gasteiger partial charge in [-0.2, -0.15) is 0 Å². The molecule has 0 aromatic heterocycles. The molecule has 7 heteroatoms. The van der Waals surface area contributed by atoms with Gasteiger partial charge in [-0.1, -0.05) is 36.4 Å². The molecule has 0 atom stereocenters. The Balaban J connectivity index is 1.57. The summed E-state index contributed by atoms with van der Waals surface area (Å²) in [7, 11) is 0. The molecule has 3 N–H and O–H groups in total. The first-order chi connectivity index (χ1) is 13.9. The second-order valence-electron chi connectivity index (χ2n) is 6.46. The molecule has 3 aromatic carbocycles. The number of rotatable bonds is 7. The number of carbonyl (C=O) groups excluding carboxylic acids is 2. The van der Waals surface area contributed by atoms with Crippen molar-refractivity contribution in [3.05, 3.63) is 83.2 Å². The smallest absolute Gasteiger partial charge is 0.336 e. The molecular weight excluding hydrogens is 375 g/mol. The van der Waals surface area contributed by atoms with Gasteiger partial charge in [0.2, 0.25) is 5.91 Å². The van der Waals surface area contributed by atoms with Gasteiger partial charge in [0, 0.05) is 13.1 Å². The number of benzene rings is 3. The van der Waals surface area contributed by atoms with Crippen molar-refractivity contribution < 1.29 is 23.9 Å². The Morgan fingerprint density at radius 1 is 0.828 bits per heavy atom. The third-order valence-electron chi connectivity index (χ3n) is 4.35. The van der Waals surface area contributed by atoms with Gasteiger partial charge >= 0.3 is 5.97 Å². The topological polar surface area (TPSA) is 95.5 Å². The lowest BCUT2D eigenvalue weighted by Crippen LogP contribution is -2.35. The molecule has 3 aromatic rings. The summed E-state index contributed by atoms with van der Waals surface area (Å²) in [5, 5.41) is 16.1. The zero-order valence-corrected chi connectivity index (χ0v) is 15.4. The Bertz CT molecular complexity index is 1080. The van der Waals surface area contributed by atoms with Gasteiger partial charge < -0.3 is 15.7 Å². The molecule has 0 saturated carbocycles.